The van der Waals surface area contributed by atoms with Gasteiger partial charge in [0.05, 0.1) is 5.56 Å². The van der Waals surface area contributed by atoms with Crippen molar-refractivity contribution in [2.24, 2.45) is 5.92 Å². The highest BCUT2D eigenvalue weighted by atomic mass is 127. The Morgan fingerprint density at radius 3 is 2.36 bits per heavy atom. The third-order valence-electron chi connectivity index (χ3n) is 3.68. The first-order valence-corrected chi connectivity index (χ1v) is 8.71. The van der Waals surface area contributed by atoms with E-state index in [0.717, 1.165) is 21.2 Å². The van der Waals surface area contributed by atoms with Gasteiger partial charge in [0, 0.05) is 9.26 Å². The van der Waals surface area contributed by atoms with Crippen LogP contribution in [0.2, 0.25) is 0 Å². The molecule has 0 radical (unpaired) electrons. The quantitative estimate of drug-likeness (QED) is 0.634. The third kappa shape index (κ3) is 4.32. The molecule has 0 aliphatic heterocycles. The molecule has 0 aromatic heterocycles. The highest BCUT2D eigenvalue weighted by Gasteiger charge is 2.15. The van der Waals surface area contributed by atoms with Crippen molar-refractivity contribution < 1.29 is 4.79 Å². The summed E-state index contributed by atoms with van der Waals surface area (Å²) in [6, 6.07) is 15.7. The molecule has 0 spiro atoms. The standard InChI is InChI=1S/C19H22INO/c1-13(2)12-14(3)15-8-5-7-11-18(15)21-19(22)16-9-4-6-10-17(16)20/h4-11,13-14H,12H2,1-3H3,(H,21,22)/t14-/m1/s1. The van der Waals surface area contributed by atoms with E-state index in [-0.39, 0.29) is 5.91 Å². The summed E-state index contributed by atoms with van der Waals surface area (Å²) in [6.07, 6.45) is 1.11. The Labute approximate surface area is 146 Å². The van der Waals surface area contributed by atoms with Crippen LogP contribution in [-0.2, 0) is 0 Å². The number of carbonyl (C=O) groups is 1. The number of hydrogen-bond acceptors (Lipinski definition) is 1. The van der Waals surface area contributed by atoms with Crippen molar-refractivity contribution in [1.82, 2.24) is 0 Å². The molecule has 2 nitrogen and oxygen atoms in total. The lowest BCUT2D eigenvalue weighted by Gasteiger charge is -2.19. The Morgan fingerprint density at radius 1 is 1.05 bits per heavy atom. The van der Waals surface area contributed by atoms with Gasteiger partial charge in [0.15, 0.2) is 0 Å². The number of amides is 1. The zero-order valence-electron chi connectivity index (χ0n) is 13.3. The van der Waals surface area contributed by atoms with Gasteiger partial charge in [0.2, 0.25) is 0 Å². The van der Waals surface area contributed by atoms with E-state index >= 15 is 0 Å². The van der Waals surface area contributed by atoms with E-state index < -0.39 is 0 Å². The number of halogens is 1. The maximum atomic E-state index is 12.5. The van der Waals surface area contributed by atoms with Crippen LogP contribution in [-0.4, -0.2) is 5.91 Å². The van der Waals surface area contributed by atoms with Gasteiger partial charge in [-0.1, -0.05) is 51.1 Å². The largest absolute Gasteiger partial charge is 0.322 e. The van der Waals surface area contributed by atoms with Gasteiger partial charge in [-0.3, -0.25) is 4.79 Å². The summed E-state index contributed by atoms with van der Waals surface area (Å²) in [7, 11) is 0. The number of rotatable bonds is 5. The lowest BCUT2D eigenvalue weighted by Crippen LogP contribution is -2.15. The van der Waals surface area contributed by atoms with Crippen LogP contribution >= 0.6 is 22.6 Å². The van der Waals surface area contributed by atoms with Crippen LogP contribution in [0.3, 0.4) is 0 Å². The van der Waals surface area contributed by atoms with Crippen molar-refractivity contribution in [2.75, 3.05) is 5.32 Å². The molecule has 0 aliphatic rings. The molecule has 0 saturated carbocycles. The van der Waals surface area contributed by atoms with Gasteiger partial charge in [-0.05, 0) is 64.6 Å². The number of nitrogens with one attached hydrogen (secondary N) is 1. The molecule has 2 aromatic rings. The van der Waals surface area contributed by atoms with Gasteiger partial charge < -0.3 is 5.32 Å². The maximum Gasteiger partial charge on any atom is 0.256 e. The predicted molar refractivity (Wildman–Crippen MR) is 101 cm³/mol. The lowest BCUT2D eigenvalue weighted by atomic mass is 9.91. The Morgan fingerprint density at radius 2 is 1.68 bits per heavy atom. The Kier molecular flexibility index (Phi) is 6.00. The van der Waals surface area contributed by atoms with Crippen molar-refractivity contribution in [3.05, 3.63) is 63.2 Å². The maximum absolute atomic E-state index is 12.5. The summed E-state index contributed by atoms with van der Waals surface area (Å²) < 4.78 is 0.963. The fourth-order valence-electron chi connectivity index (χ4n) is 2.71. The minimum atomic E-state index is -0.0470. The molecule has 1 amide bonds. The fourth-order valence-corrected chi connectivity index (χ4v) is 3.34. The zero-order chi connectivity index (χ0) is 16.1. The van der Waals surface area contributed by atoms with Crippen molar-refractivity contribution in [3.8, 4) is 0 Å². The number of hydrogen-bond donors (Lipinski definition) is 1. The fraction of sp³-hybridized carbons (Fsp3) is 0.316. The van der Waals surface area contributed by atoms with E-state index in [2.05, 4.69) is 54.7 Å². The smallest absolute Gasteiger partial charge is 0.256 e. The van der Waals surface area contributed by atoms with Gasteiger partial charge in [-0.15, -0.1) is 0 Å². The van der Waals surface area contributed by atoms with Crippen LogP contribution in [0.5, 0.6) is 0 Å². The first-order chi connectivity index (χ1) is 10.5. The molecular formula is C19H22INO. The molecule has 1 atom stereocenters. The summed E-state index contributed by atoms with van der Waals surface area (Å²) in [5, 5.41) is 3.08. The van der Waals surface area contributed by atoms with Crippen LogP contribution in [0.4, 0.5) is 5.69 Å². The van der Waals surface area contributed by atoms with Crippen molar-refractivity contribution in [2.45, 2.75) is 33.1 Å². The second-order valence-corrected chi connectivity index (χ2v) is 7.21. The van der Waals surface area contributed by atoms with Crippen molar-refractivity contribution in [3.63, 3.8) is 0 Å². The molecule has 1 N–H and O–H groups in total. The number of anilines is 1. The van der Waals surface area contributed by atoms with E-state index in [0.29, 0.717) is 11.8 Å². The van der Waals surface area contributed by atoms with Crippen LogP contribution < -0.4 is 5.32 Å². The number of para-hydroxylation sites is 1. The van der Waals surface area contributed by atoms with Crippen LogP contribution in [0.1, 0.15) is 49.0 Å². The van der Waals surface area contributed by atoms with Crippen molar-refractivity contribution >= 4 is 34.2 Å². The summed E-state index contributed by atoms with van der Waals surface area (Å²) in [6.45, 7) is 6.67. The Bertz CT molecular complexity index is 651. The number of benzene rings is 2. The van der Waals surface area contributed by atoms with E-state index in [1.54, 1.807) is 0 Å². The second-order valence-electron chi connectivity index (χ2n) is 6.05. The first-order valence-electron chi connectivity index (χ1n) is 7.64. The van der Waals surface area contributed by atoms with Gasteiger partial charge in [-0.25, -0.2) is 0 Å². The molecular weight excluding hydrogens is 385 g/mol. The zero-order valence-corrected chi connectivity index (χ0v) is 15.4. The molecule has 2 aromatic carbocycles. The average molecular weight is 407 g/mol. The Hall–Kier alpha value is -1.36. The third-order valence-corrected chi connectivity index (χ3v) is 4.62. The van der Waals surface area contributed by atoms with Gasteiger partial charge in [0.1, 0.15) is 0 Å². The molecule has 116 valence electrons. The minimum absolute atomic E-state index is 0.0470. The summed E-state index contributed by atoms with van der Waals surface area (Å²) >= 11 is 2.20. The molecule has 0 aliphatic carbocycles. The second kappa shape index (κ2) is 7.77. The molecule has 0 bridgehead atoms. The molecule has 22 heavy (non-hydrogen) atoms. The molecule has 0 fully saturated rings. The first kappa shape index (κ1) is 17.0. The topological polar surface area (TPSA) is 29.1 Å². The summed E-state index contributed by atoms with van der Waals surface area (Å²) in [4.78, 5) is 12.5. The van der Waals surface area contributed by atoms with Crippen LogP contribution in [0.15, 0.2) is 48.5 Å². The van der Waals surface area contributed by atoms with E-state index in [1.807, 2.05) is 42.5 Å². The minimum Gasteiger partial charge on any atom is -0.322 e. The summed E-state index contributed by atoms with van der Waals surface area (Å²) in [5.41, 5.74) is 2.84. The summed E-state index contributed by atoms with van der Waals surface area (Å²) in [5.74, 6) is 1.01. The molecule has 2 rings (SSSR count). The Balaban J connectivity index is 2.23. The highest BCUT2D eigenvalue weighted by Crippen LogP contribution is 2.29. The molecule has 3 heteroatoms. The van der Waals surface area contributed by atoms with Gasteiger partial charge >= 0.3 is 0 Å². The van der Waals surface area contributed by atoms with E-state index in [4.69, 9.17) is 0 Å². The predicted octanol–water partition coefficient (Wildman–Crippen LogP) is 5.69. The molecule has 0 heterocycles. The van der Waals surface area contributed by atoms with Crippen LogP contribution in [0, 0.1) is 9.49 Å². The van der Waals surface area contributed by atoms with Gasteiger partial charge in [-0.2, -0.15) is 0 Å². The number of carbonyl (C=O) groups excluding carboxylic acids is 1. The molecule has 0 saturated heterocycles. The van der Waals surface area contributed by atoms with Crippen LogP contribution in [0.25, 0.3) is 0 Å². The normalized spacial score (nSPS) is 12.2. The monoisotopic (exact) mass is 407 g/mol. The van der Waals surface area contributed by atoms with Gasteiger partial charge in [0.25, 0.3) is 5.91 Å². The SMILES string of the molecule is CC(C)C[C@@H](C)c1ccccc1NC(=O)c1ccccc1I. The van der Waals surface area contributed by atoms with E-state index in [1.165, 1.54) is 5.56 Å². The highest BCUT2D eigenvalue weighted by molar-refractivity contribution is 14.1. The molecule has 0 unspecified atom stereocenters. The lowest BCUT2D eigenvalue weighted by molar-refractivity contribution is 0.102. The average Bonchev–Trinajstić information content (AvgIpc) is 2.47. The van der Waals surface area contributed by atoms with Crippen molar-refractivity contribution in [1.29, 1.82) is 0 Å². The van der Waals surface area contributed by atoms with E-state index in [9.17, 15) is 4.79 Å².